The van der Waals surface area contributed by atoms with Gasteiger partial charge in [0.25, 0.3) is 5.91 Å². The van der Waals surface area contributed by atoms with Gasteiger partial charge >= 0.3 is 0 Å². The Labute approximate surface area is 122 Å². The number of nitrogens with two attached hydrogens (primary N) is 1. The summed E-state index contributed by atoms with van der Waals surface area (Å²) in [5, 5.41) is 8.49. The number of thiophene rings is 1. The normalized spacial score (nSPS) is 19.6. The lowest BCUT2D eigenvalue weighted by Crippen LogP contribution is -2.44. The van der Waals surface area contributed by atoms with Crippen molar-refractivity contribution in [2.45, 2.75) is 26.7 Å². The lowest BCUT2D eigenvalue weighted by Gasteiger charge is -2.35. The molecule has 1 saturated heterocycles. The molecule has 0 radical (unpaired) electrons. The Hall–Kier alpha value is -1.40. The first-order valence-corrected chi connectivity index (χ1v) is 7.70. The predicted molar refractivity (Wildman–Crippen MR) is 80.8 cm³/mol. The van der Waals surface area contributed by atoms with Gasteiger partial charge in [0.2, 0.25) is 5.91 Å². The maximum Gasteiger partial charge on any atom is 0.251 e. The molecule has 0 aliphatic carbocycles. The summed E-state index contributed by atoms with van der Waals surface area (Å²) in [4.78, 5) is 23.8. The molecule has 20 heavy (non-hydrogen) atoms. The molecule has 110 valence electrons. The van der Waals surface area contributed by atoms with E-state index in [1.54, 1.807) is 11.4 Å². The van der Waals surface area contributed by atoms with E-state index in [4.69, 9.17) is 5.73 Å². The zero-order valence-electron chi connectivity index (χ0n) is 11.9. The van der Waals surface area contributed by atoms with E-state index in [9.17, 15) is 9.59 Å². The largest absolute Gasteiger partial charge is 0.366 e. The lowest BCUT2D eigenvalue weighted by atomic mass is 9.74. The number of carbonyl (C=O) groups excluding carboxylic acids is 2. The molecule has 2 amide bonds. The number of hydrogen-bond acceptors (Lipinski definition) is 4. The van der Waals surface area contributed by atoms with Crippen LogP contribution in [0.15, 0.2) is 11.4 Å². The van der Waals surface area contributed by atoms with Crippen molar-refractivity contribution in [3.8, 4) is 0 Å². The van der Waals surface area contributed by atoms with Crippen LogP contribution in [0.4, 0.5) is 5.00 Å². The molecular weight excluding hydrogens is 274 g/mol. The molecule has 0 bridgehead atoms. The van der Waals surface area contributed by atoms with Crippen molar-refractivity contribution in [3.63, 3.8) is 0 Å². The summed E-state index contributed by atoms with van der Waals surface area (Å²) >= 11 is 1.32. The molecular formula is C14H21N3O2S. The van der Waals surface area contributed by atoms with Gasteiger partial charge in [-0.1, -0.05) is 13.8 Å². The minimum absolute atomic E-state index is 0.0591. The molecule has 2 heterocycles. The highest BCUT2D eigenvalue weighted by molar-refractivity contribution is 7.14. The number of primary amides is 1. The number of piperidine rings is 1. The van der Waals surface area contributed by atoms with Crippen LogP contribution < -0.4 is 16.4 Å². The van der Waals surface area contributed by atoms with Crippen LogP contribution in [-0.2, 0) is 4.79 Å². The lowest BCUT2D eigenvalue weighted by molar-refractivity contribution is -0.127. The number of nitrogens with one attached hydrogen (secondary N) is 2. The van der Waals surface area contributed by atoms with Crippen LogP contribution in [0, 0.1) is 11.3 Å². The van der Waals surface area contributed by atoms with Crippen molar-refractivity contribution in [1.82, 2.24) is 5.32 Å². The second kappa shape index (κ2) is 5.93. The maximum atomic E-state index is 12.5. The molecule has 0 saturated carbocycles. The quantitative estimate of drug-likeness (QED) is 0.792. The van der Waals surface area contributed by atoms with Gasteiger partial charge in [0, 0.05) is 5.41 Å². The molecule has 1 atom stereocenters. The summed E-state index contributed by atoms with van der Waals surface area (Å²) in [6.07, 6.45) is 2.13. The third-order valence-corrected chi connectivity index (χ3v) is 4.89. The fourth-order valence-corrected chi connectivity index (χ4v) is 3.30. The Balaban J connectivity index is 2.10. The summed E-state index contributed by atoms with van der Waals surface area (Å²) in [6, 6.07) is 1.64. The minimum atomic E-state index is -0.515. The number of amides is 2. The van der Waals surface area contributed by atoms with E-state index in [1.807, 2.05) is 13.8 Å². The van der Waals surface area contributed by atoms with Crippen molar-refractivity contribution in [2.24, 2.45) is 17.1 Å². The van der Waals surface area contributed by atoms with Gasteiger partial charge in [0.1, 0.15) is 5.00 Å². The maximum absolute atomic E-state index is 12.5. The summed E-state index contributed by atoms with van der Waals surface area (Å²) in [7, 11) is 0. The summed E-state index contributed by atoms with van der Waals surface area (Å²) in [5.74, 6) is -0.275. The Bertz CT molecular complexity index is 504. The van der Waals surface area contributed by atoms with Crippen molar-refractivity contribution in [3.05, 3.63) is 17.0 Å². The van der Waals surface area contributed by atoms with Crippen LogP contribution in [0.5, 0.6) is 0 Å². The van der Waals surface area contributed by atoms with Gasteiger partial charge in [-0.25, -0.2) is 0 Å². The molecule has 5 nitrogen and oxygen atoms in total. The highest BCUT2D eigenvalue weighted by atomic mass is 32.1. The molecule has 1 fully saturated rings. The van der Waals surface area contributed by atoms with Crippen molar-refractivity contribution in [2.75, 3.05) is 18.4 Å². The van der Waals surface area contributed by atoms with Gasteiger partial charge in [-0.15, -0.1) is 11.3 Å². The third-order valence-electron chi connectivity index (χ3n) is 4.06. The second-order valence-corrected chi connectivity index (χ2v) is 6.66. The molecule has 1 unspecified atom stereocenters. The molecule has 1 aliphatic rings. The zero-order chi connectivity index (χ0) is 14.8. The van der Waals surface area contributed by atoms with E-state index in [0.717, 1.165) is 25.9 Å². The molecule has 1 aromatic heterocycles. The van der Waals surface area contributed by atoms with Crippen LogP contribution in [0.1, 0.15) is 37.0 Å². The first-order valence-electron chi connectivity index (χ1n) is 6.82. The average Bonchev–Trinajstić information content (AvgIpc) is 2.88. The van der Waals surface area contributed by atoms with Gasteiger partial charge in [-0.2, -0.15) is 0 Å². The smallest absolute Gasteiger partial charge is 0.251 e. The summed E-state index contributed by atoms with van der Waals surface area (Å²) in [5.41, 5.74) is 5.19. The van der Waals surface area contributed by atoms with Gasteiger partial charge in [-0.3, -0.25) is 9.59 Å². The molecule has 0 aromatic carbocycles. The van der Waals surface area contributed by atoms with Crippen molar-refractivity contribution in [1.29, 1.82) is 0 Å². The van der Waals surface area contributed by atoms with Gasteiger partial charge < -0.3 is 16.4 Å². The molecule has 6 heteroatoms. The fourth-order valence-electron chi connectivity index (χ4n) is 2.52. The number of anilines is 1. The minimum Gasteiger partial charge on any atom is -0.366 e. The van der Waals surface area contributed by atoms with E-state index in [-0.39, 0.29) is 5.91 Å². The summed E-state index contributed by atoms with van der Waals surface area (Å²) < 4.78 is 0. The highest BCUT2D eigenvalue weighted by Crippen LogP contribution is 2.34. The van der Waals surface area contributed by atoms with E-state index < -0.39 is 11.3 Å². The predicted octanol–water partition coefficient (Wildman–Crippen LogP) is 1.81. The molecule has 1 aromatic rings. The van der Waals surface area contributed by atoms with Crippen LogP contribution in [0.3, 0.4) is 0 Å². The van der Waals surface area contributed by atoms with Crippen molar-refractivity contribution >= 4 is 28.2 Å². The Morgan fingerprint density at radius 2 is 2.25 bits per heavy atom. The molecule has 1 aliphatic heterocycles. The fraction of sp³-hybridized carbons (Fsp3) is 0.571. The monoisotopic (exact) mass is 295 g/mol. The van der Waals surface area contributed by atoms with E-state index in [0.29, 0.717) is 16.5 Å². The van der Waals surface area contributed by atoms with Gasteiger partial charge in [-0.05, 0) is 43.3 Å². The number of hydrogen-bond donors (Lipinski definition) is 3. The summed E-state index contributed by atoms with van der Waals surface area (Å²) in [6.45, 7) is 5.79. The Kier molecular flexibility index (Phi) is 4.45. The van der Waals surface area contributed by atoms with Crippen molar-refractivity contribution < 1.29 is 9.59 Å². The van der Waals surface area contributed by atoms with Crippen LogP contribution in [0.2, 0.25) is 0 Å². The van der Waals surface area contributed by atoms with Crippen LogP contribution >= 0.6 is 11.3 Å². The topological polar surface area (TPSA) is 84.2 Å². The standard InChI is InChI=1S/C14H21N3O2S/c1-14(2,9-4-3-6-16-8-9)13(19)17-12-10(11(15)18)5-7-20-12/h5,7,9,16H,3-4,6,8H2,1-2H3,(H2,15,18)(H,17,19). The van der Waals surface area contributed by atoms with Gasteiger partial charge in [0.05, 0.1) is 5.56 Å². The van der Waals surface area contributed by atoms with E-state index in [2.05, 4.69) is 10.6 Å². The zero-order valence-corrected chi connectivity index (χ0v) is 12.7. The van der Waals surface area contributed by atoms with Gasteiger partial charge in [0.15, 0.2) is 0 Å². The molecule has 4 N–H and O–H groups in total. The first-order chi connectivity index (χ1) is 9.43. The third kappa shape index (κ3) is 3.02. The van der Waals surface area contributed by atoms with Crippen LogP contribution in [-0.4, -0.2) is 24.9 Å². The van der Waals surface area contributed by atoms with E-state index >= 15 is 0 Å². The first kappa shape index (κ1) is 15.0. The van der Waals surface area contributed by atoms with Crippen LogP contribution in [0.25, 0.3) is 0 Å². The van der Waals surface area contributed by atoms with E-state index in [1.165, 1.54) is 11.3 Å². The highest BCUT2D eigenvalue weighted by Gasteiger charge is 2.37. The Morgan fingerprint density at radius 1 is 1.50 bits per heavy atom. The number of rotatable bonds is 4. The second-order valence-electron chi connectivity index (χ2n) is 5.75. The Morgan fingerprint density at radius 3 is 2.85 bits per heavy atom. The number of carbonyl (C=O) groups is 2. The SMILES string of the molecule is CC(C)(C(=O)Nc1sccc1C(N)=O)C1CCCNC1. The average molecular weight is 295 g/mol. The molecule has 0 spiro atoms. The molecule has 2 rings (SSSR count).